The van der Waals surface area contributed by atoms with Gasteiger partial charge < -0.3 is 5.11 Å². The Morgan fingerprint density at radius 3 is 2.46 bits per heavy atom. The summed E-state index contributed by atoms with van der Waals surface area (Å²) in [6.45, 7) is 4.09. The molecule has 0 spiro atoms. The van der Waals surface area contributed by atoms with Gasteiger partial charge in [0.15, 0.2) is 0 Å². The Bertz CT molecular complexity index is 354. The lowest BCUT2D eigenvalue weighted by Crippen LogP contribution is -2.07. The van der Waals surface area contributed by atoms with Crippen LogP contribution in [0.4, 0.5) is 0 Å². The highest BCUT2D eigenvalue weighted by atomic mass is 16.4. The maximum atomic E-state index is 10.8. The first kappa shape index (κ1) is 8.30. The molecule has 2 nitrogen and oxygen atoms in total. The summed E-state index contributed by atoms with van der Waals surface area (Å²) in [7, 11) is 0. The molecule has 0 heterocycles. The molecule has 13 heavy (non-hydrogen) atoms. The van der Waals surface area contributed by atoms with Crippen molar-refractivity contribution in [2.45, 2.75) is 13.8 Å². The first-order valence-electron chi connectivity index (χ1n) is 4.42. The quantitative estimate of drug-likeness (QED) is 0.621. The van der Waals surface area contributed by atoms with Crippen molar-refractivity contribution < 1.29 is 9.90 Å². The molecule has 0 saturated carbocycles. The Morgan fingerprint density at radius 2 is 2.08 bits per heavy atom. The summed E-state index contributed by atoms with van der Waals surface area (Å²) in [6, 6.07) is 0. The molecule has 0 aromatic rings. The predicted octanol–water partition coefficient (Wildman–Crippen LogP) is 2.15. The molecule has 0 amide bonds. The molecule has 0 saturated heterocycles. The van der Waals surface area contributed by atoms with E-state index >= 15 is 0 Å². The fourth-order valence-corrected chi connectivity index (χ4v) is 2.21. The molecular formula is C11H12O2. The van der Waals surface area contributed by atoms with Crippen LogP contribution in [0.3, 0.4) is 0 Å². The van der Waals surface area contributed by atoms with Crippen LogP contribution in [-0.4, -0.2) is 11.1 Å². The van der Waals surface area contributed by atoms with Gasteiger partial charge >= 0.3 is 5.97 Å². The van der Waals surface area contributed by atoms with Gasteiger partial charge in [0.25, 0.3) is 0 Å². The number of carboxylic acids is 1. The maximum absolute atomic E-state index is 10.8. The van der Waals surface area contributed by atoms with E-state index in [1.54, 1.807) is 0 Å². The van der Waals surface area contributed by atoms with Gasteiger partial charge in [0.2, 0.25) is 0 Å². The lowest BCUT2D eigenvalue weighted by atomic mass is 9.95. The molecule has 2 bridgehead atoms. The molecule has 2 unspecified atom stereocenters. The van der Waals surface area contributed by atoms with Crippen LogP contribution in [0.15, 0.2) is 34.9 Å². The monoisotopic (exact) mass is 176 g/mol. The van der Waals surface area contributed by atoms with Crippen molar-refractivity contribution in [3.8, 4) is 0 Å². The third-order valence-electron chi connectivity index (χ3n) is 2.72. The van der Waals surface area contributed by atoms with Crippen molar-refractivity contribution in [1.29, 1.82) is 0 Å². The van der Waals surface area contributed by atoms with E-state index in [1.807, 2.05) is 26.0 Å². The second-order valence-electron chi connectivity index (χ2n) is 3.77. The zero-order chi connectivity index (χ0) is 9.59. The molecule has 1 N–H and O–H groups in total. The lowest BCUT2D eigenvalue weighted by Gasteiger charge is -2.08. The normalized spacial score (nSPS) is 29.4. The van der Waals surface area contributed by atoms with E-state index in [0.717, 1.165) is 0 Å². The number of fused-ring (bicyclic) bond motifs is 2. The zero-order valence-electron chi connectivity index (χ0n) is 7.74. The number of rotatable bonds is 1. The van der Waals surface area contributed by atoms with Crippen LogP contribution in [0.25, 0.3) is 0 Å². The van der Waals surface area contributed by atoms with Gasteiger partial charge in [-0.25, -0.2) is 4.79 Å². The van der Waals surface area contributed by atoms with E-state index < -0.39 is 5.97 Å². The topological polar surface area (TPSA) is 37.3 Å². The van der Waals surface area contributed by atoms with Crippen LogP contribution in [-0.2, 0) is 4.79 Å². The summed E-state index contributed by atoms with van der Waals surface area (Å²) in [5.41, 5.74) is 3.05. The van der Waals surface area contributed by atoms with Gasteiger partial charge in [-0.2, -0.15) is 0 Å². The van der Waals surface area contributed by atoms with E-state index in [-0.39, 0.29) is 11.8 Å². The van der Waals surface area contributed by atoms with E-state index in [1.165, 1.54) is 11.1 Å². The summed E-state index contributed by atoms with van der Waals surface area (Å²) in [5.74, 6) is -0.482. The van der Waals surface area contributed by atoms with E-state index in [2.05, 4.69) is 6.08 Å². The van der Waals surface area contributed by atoms with Crippen molar-refractivity contribution >= 4 is 5.97 Å². The van der Waals surface area contributed by atoms with Gasteiger partial charge in [-0.05, 0) is 19.4 Å². The lowest BCUT2D eigenvalue weighted by molar-refractivity contribution is -0.132. The molecule has 0 radical (unpaired) electrons. The Labute approximate surface area is 77.3 Å². The minimum Gasteiger partial charge on any atom is -0.478 e. The second-order valence-corrected chi connectivity index (χ2v) is 3.77. The Kier molecular flexibility index (Phi) is 1.65. The average molecular weight is 176 g/mol. The van der Waals surface area contributed by atoms with Crippen LogP contribution >= 0.6 is 0 Å². The van der Waals surface area contributed by atoms with Crippen molar-refractivity contribution in [2.24, 2.45) is 11.8 Å². The fraction of sp³-hybridized carbons (Fsp3) is 0.364. The van der Waals surface area contributed by atoms with E-state index in [0.29, 0.717) is 5.57 Å². The Balaban J connectivity index is 2.42. The largest absolute Gasteiger partial charge is 0.478 e. The fourth-order valence-electron chi connectivity index (χ4n) is 2.21. The van der Waals surface area contributed by atoms with Gasteiger partial charge in [-0.3, -0.25) is 0 Å². The summed E-state index contributed by atoms with van der Waals surface area (Å²) >= 11 is 0. The van der Waals surface area contributed by atoms with Crippen LogP contribution in [0.2, 0.25) is 0 Å². The van der Waals surface area contributed by atoms with Crippen molar-refractivity contribution in [2.75, 3.05) is 0 Å². The van der Waals surface area contributed by atoms with Crippen LogP contribution < -0.4 is 0 Å². The minimum atomic E-state index is -0.782. The Hall–Kier alpha value is -1.31. The molecule has 2 atom stereocenters. The molecule has 2 rings (SSSR count). The number of carbonyl (C=O) groups is 1. The second kappa shape index (κ2) is 2.59. The Morgan fingerprint density at radius 1 is 1.38 bits per heavy atom. The van der Waals surface area contributed by atoms with Crippen LogP contribution in [0.5, 0.6) is 0 Å². The molecule has 0 aromatic heterocycles. The van der Waals surface area contributed by atoms with Gasteiger partial charge in [-0.15, -0.1) is 0 Å². The first-order valence-corrected chi connectivity index (χ1v) is 4.42. The van der Waals surface area contributed by atoms with Crippen molar-refractivity contribution in [1.82, 2.24) is 0 Å². The number of hydrogen-bond donors (Lipinski definition) is 1. The SMILES string of the molecule is CC(C)=C1C2C=CC1C(C(=O)O)=C2. The third kappa shape index (κ3) is 1.05. The molecule has 0 aliphatic heterocycles. The van der Waals surface area contributed by atoms with Gasteiger partial charge in [0, 0.05) is 17.4 Å². The summed E-state index contributed by atoms with van der Waals surface area (Å²) < 4.78 is 0. The first-order chi connectivity index (χ1) is 6.11. The van der Waals surface area contributed by atoms with Gasteiger partial charge in [-0.1, -0.05) is 23.8 Å². The number of carboxylic acid groups (broad SMARTS) is 1. The highest BCUT2D eigenvalue weighted by molar-refractivity contribution is 5.90. The average Bonchev–Trinajstić information content (AvgIpc) is 2.58. The highest BCUT2D eigenvalue weighted by Gasteiger charge is 2.36. The molecular weight excluding hydrogens is 164 g/mol. The van der Waals surface area contributed by atoms with Gasteiger partial charge in [0.1, 0.15) is 0 Å². The number of hydrogen-bond acceptors (Lipinski definition) is 1. The number of allylic oxidation sites excluding steroid dienone is 5. The molecule has 2 aliphatic carbocycles. The van der Waals surface area contributed by atoms with E-state index in [9.17, 15) is 4.79 Å². The molecule has 2 heteroatoms. The summed E-state index contributed by atoms with van der Waals surface area (Å²) in [4.78, 5) is 10.8. The summed E-state index contributed by atoms with van der Waals surface area (Å²) in [5, 5.41) is 8.91. The molecule has 0 fully saturated rings. The van der Waals surface area contributed by atoms with Gasteiger partial charge in [0.05, 0.1) is 0 Å². The number of aliphatic carboxylic acids is 1. The smallest absolute Gasteiger partial charge is 0.332 e. The third-order valence-corrected chi connectivity index (χ3v) is 2.72. The van der Waals surface area contributed by atoms with Crippen LogP contribution in [0.1, 0.15) is 13.8 Å². The minimum absolute atomic E-state index is 0.0486. The highest BCUT2D eigenvalue weighted by Crippen LogP contribution is 2.44. The summed E-state index contributed by atoms with van der Waals surface area (Å²) in [6.07, 6.45) is 5.94. The standard InChI is InChI=1S/C11H12O2/c1-6(2)10-7-3-4-8(10)9(5-7)11(12)13/h3-5,7-8H,1-2H3,(H,12,13). The zero-order valence-corrected chi connectivity index (χ0v) is 7.74. The van der Waals surface area contributed by atoms with E-state index in [4.69, 9.17) is 5.11 Å². The molecule has 0 aromatic carbocycles. The predicted molar refractivity (Wildman–Crippen MR) is 50.2 cm³/mol. The maximum Gasteiger partial charge on any atom is 0.332 e. The molecule has 2 aliphatic rings. The molecule has 68 valence electrons. The van der Waals surface area contributed by atoms with Crippen molar-refractivity contribution in [3.05, 3.63) is 34.9 Å². The van der Waals surface area contributed by atoms with Crippen LogP contribution in [0, 0.1) is 11.8 Å². The van der Waals surface area contributed by atoms with Crippen molar-refractivity contribution in [3.63, 3.8) is 0 Å².